The molecule has 1 aromatic heterocycles. The van der Waals surface area contributed by atoms with Gasteiger partial charge in [-0.25, -0.2) is 4.98 Å². The van der Waals surface area contributed by atoms with Gasteiger partial charge in [0.05, 0.1) is 0 Å². The highest BCUT2D eigenvalue weighted by atomic mass is 14.9. The van der Waals surface area contributed by atoms with Crippen molar-refractivity contribution >= 4 is 0 Å². The van der Waals surface area contributed by atoms with Crippen LogP contribution in [0.1, 0.15) is 33.0 Å². The van der Waals surface area contributed by atoms with E-state index in [1.165, 1.54) is 6.42 Å². The molecule has 1 aromatic rings. The average molecular weight is 152 g/mol. The Morgan fingerprint density at radius 1 is 1.45 bits per heavy atom. The lowest BCUT2D eigenvalue weighted by Crippen LogP contribution is -2.06. The molecule has 0 aliphatic heterocycles. The van der Waals surface area contributed by atoms with Crippen molar-refractivity contribution in [1.29, 1.82) is 0 Å². The van der Waals surface area contributed by atoms with Crippen molar-refractivity contribution < 1.29 is 0 Å². The largest absolute Gasteiger partial charge is 0.349 e. The molecule has 2 heteroatoms. The molecule has 62 valence electrons. The van der Waals surface area contributed by atoms with Gasteiger partial charge in [0.2, 0.25) is 0 Å². The molecule has 0 saturated carbocycles. The molecule has 0 fully saturated rings. The Hall–Kier alpha value is -0.790. The summed E-state index contributed by atoms with van der Waals surface area (Å²) >= 11 is 0. The van der Waals surface area contributed by atoms with Gasteiger partial charge < -0.3 is 4.98 Å². The van der Waals surface area contributed by atoms with Crippen molar-refractivity contribution in [1.82, 2.24) is 9.97 Å². The summed E-state index contributed by atoms with van der Waals surface area (Å²) in [4.78, 5) is 7.26. The smallest absolute Gasteiger partial charge is 0.106 e. The van der Waals surface area contributed by atoms with Crippen molar-refractivity contribution in [2.75, 3.05) is 0 Å². The van der Waals surface area contributed by atoms with Gasteiger partial charge in [-0.2, -0.15) is 0 Å². The number of aromatic amines is 1. The van der Waals surface area contributed by atoms with Gasteiger partial charge in [0.1, 0.15) is 5.82 Å². The Balaban J connectivity index is 2.35. The van der Waals surface area contributed by atoms with Crippen LogP contribution in [0.5, 0.6) is 0 Å². The van der Waals surface area contributed by atoms with Crippen LogP contribution in [-0.4, -0.2) is 9.97 Å². The Bertz CT molecular complexity index is 194. The van der Waals surface area contributed by atoms with E-state index in [0.29, 0.717) is 5.41 Å². The lowest BCUT2D eigenvalue weighted by atomic mass is 9.90. The molecule has 0 saturated heterocycles. The van der Waals surface area contributed by atoms with Crippen LogP contribution in [0.2, 0.25) is 0 Å². The molecule has 0 bridgehead atoms. The number of aryl methyl sites for hydroxylation is 1. The molecule has 0 amide bonds. The Morgan fingerprint density at radius 2 is 2.18 bits per heavy atom. The van der Waals surface area contributed by atoms with Crippen molar-refractivity contribution in [3.8, 4) is 0 Å². The van der Waals surface area contributed by atoms with Crippen LogP contribution in [0.4, 0.5) is 0 Å². The van der Waals surface area contributed by atoms with E-state index in [-0.39, 0.29) is 0 Å². The predicted molar refractivity (Wildman–Crippen MR) is 46.4 cm³/mol. The second-order valence-electron chi connectivity index (χ2n) is 4.10. The third-order valence-electron chi connectivity index (χ3n) is 1.67. The van der Waals surface area contributed by atoms with Gasteiger partial charge in [-0.05, 0) is 11.8 Å². The summed E-state index contributed by atoms with van der Waals surface area (Å²) in [6, 6.07) is 0. The van der Waals surface area contributed by atoms with Crippen molar-refractivity contribution in [3.63, 3.8) is 0 Å². The first kappa shape index (κ1) is 8.31. The fraction of sp³-hybridized carbons (Fsp3) is 0.667. The summed E-state index contributed by atoms with van der Waals surface area (Å²) in [6.07, 6.45) is 5.91. The summed E-state index contributed by atoms with van der Waals surface area (Å²) in [6.45, 7) is 6.74. The molecule has 0 aliphatic rings. The van der Waals surface area contributed by atoms with E-state index in [2.05, 4.69) is 30.7 Å². The van der Waals surface area contributed by atoms with Gasteiger partial charge >= 0.3 is 0 Å². The van der Waals surface area contributed by atoms with Crippen LogP contribution >= 0.6 is 0 Å². The van der Waals surface area contributed by atoms with Crippen molar-refractivity contribution in [3.05, 3.63) is 18.2 Å². The minimum atomic E-state index is 0.410. The van der Waals surface area contributed by atoms with Crippen LogP contribution in [0, 0.1) is 5.41 Å². The van der Waals surface area contributed by atoms with E-state index in [4.69, 9.17) is 0 Å². The molecule has 0 unspecified atom stereocenters. The molecule has 0 atom stereocenters. The fourth-order valence-corrected chi connectivity index (χ4v) is 0.928. The minimum absolute atomic E-state index is 0.410. The molecule has 2 nitrogen and oxygen atoms in total. The molecule has 1 heterocycles. The number of hydrogen-bond acceptors (Lipinski definition) is 1. The maximum absolute atomic E-state index is 4.16. The summed E-state index contributed by atoms with van der Waals surface area (Å²) in [5.41, 5.74) is 0.410. The summed E-state index contributed by atoms with van der Waals surface area (Å²) in [5, 5.41) is 0. The van der Waals surface area contributed by atoms with Gasteiger partial charge in [0.15, 0.2) is 0 Å². The number of nitrogens with zero attached hydrogens (tertiary/aromatic N) is 1. The van der Waals surface area contributed by atoms with Crippen LogP contribution in [0.15, 0.2) is 12.4 Å². The number of nitrogens with one attached hydrogen (secondary N) is 1. The summed E-state index contributed by atoms with van der Waals surface area (Å²) < 4.78 is 0. The molecular weight excluding hydrogens is 136 g/mol. The molecular formula is C9H16N2. The first-order valence-corrected chi connectivity index (χ1v) is 4.06. The zero-order valence-electron chi connectivity index (χ0n) is 7.52. The van der Waals surface area contributed by atoms with Crippen molar-refractivity contribution in [2.24, 2.45) is 5.41 Å². The summed E-state index contributed by atoms with van der Waals surface area (Å²) in [7, 11) is 0. The van der Waals surface area contributed by atoms with Crippen LogP contribution < -0.4 is 0 Å². The van der Waals surface area contributed by atoms with E-state index in [9.17, 15) is 0 Å². The minimum Gasteiger partial charge on any atom is -0.349 e. The first-order valence-electron chi connectivity index (χ1n) is 4.06. The first-order chi connectivity index (χ1) is 5.08. The number of aromatic nitrogens is 2. The predicted octanol–water partition coefficient (Wildman–Crippen LogP) is 2.39. The van der Waals surface area contributed by atoms with E-state index in [0.717, 1.165) is 12.2 Å². The number of rotatable bonds is 2. The van der Waals surface area contributed by atoms with Gasteiger partial charge in [-0.15, -0.1) is 0 Å². The second-order valence-corrected chi connectivity index (χ2v) is 4.10. The topological polar surface area (TPSA) is 28.7 Å². The quantitative estimate of drug-likeness (QED) is 0.692. The lowest BCUT2D eigenvalue weighted by Gasteiger charge is -2.16. The molecule has 0 spiro atoms. The maximum atomic E-state index is 4.16. The Morgan fingerprint density at radius 3 is 2.64 bits per heavy atom. The van der Waals surface area contributed by atoms with E-state index in [1.54, 1.807) is 6.20 Å². The molecule has 0 aromatic carbocycles. The van der Waals surface area contributed by atoms with Crippen LogP contribution in [0.3, 0.4) is 0 Å². The second kappa shape index (κ2) is 3.07. The molecule has 11 heavy (non-hydrogen) atoms. The van der Waals surface area contributed by atoms with Gasteiger partial charge in [0, 0.05) is 18.8 Å². The highest BCUT2D eigenvalue weighted by Crippen LogP contribution is 2.19. The van der Waals surface area contributed by atoms with E-state index < -0.39 is 0 Å². The normalized spacial score (nSPS) is 11.9. The maximum Gasteiger partial charge on any atom is 0.106 e. The van der Waals surface area contributed by atoms with E-state index in [1.807, 2.05) is 6.20 Å². The number of imidazole rings is 1. The molecule has 0 aliphatic carbocycles. The molecule has 1 N–H and O–H groups in total. The monoisotopic (exact) mass is 152 g/mol. The SMILES string of the molecule is CC(C)(C)CCc1ncc[nH]1. The third kappa shape index (κ3) is 3.21. The van der Waals surface area contributed by atoms with Crippen LogP contribution in [-0.2, 0) is 6.42 Å². The number of H-pyrrole nitrogens is 1. The zero-order chi connectivity index (χ0) is 8.32. The molecule has 1 rings (SSSR count). The lowest BCUT2D eigenvalue weighted by molar-refractivity contribution is 0.375. The summed E-state index contributed by atoms with van der Waals surface area (Å²) in [5.74, 6) is 1.10. The van der Waals surface area contributed by atoms with Crippen LogP contribution in [0.25, 0.3) is 0 Å². The average Bonchev–Trinajstić information content (AvgIpc) is 2.32. The number of hydrogen-bond donors (Lipinski definition) is 1. The molecule has 0 radical (unpaired) electrons. The van der Waals surface area contributed by atoms with Gasteiger partial charge in [-0.3, -0.25) is 0 Å². The Labute approximate surface area is 68.0 Å². The zero-order valence-corrected chi connectivity index (χ0v) is 7.52. The van der Waals surface area contributed by atoms with Crippen molar-refractivity contribution in [2.45, 2.75) is 33.6 Å². The Kier molecular flexibility index (Phi) is 2.32. The fourth-order valence-electron chi connectivity index (χ4n) is 0.928. The highest BCUT2D eigenvalue weighted by Gasteiger charge is 2.10. The van der Waals surface area contributed by atoms with E-state index >= 15 is 0 Å². The van der Waals surface area contributed by atoms with Gasteiger partial charge in [-0.1, -0.05) is 20.8 Å². The third-order valence-corrected chi connectivity index (χ3v) is 1.67. The van der Waals surface area contributed by atoms with Gasteiger partial charge in [0.25, 0.3) is 0 Å². The standard InChI is InChI=1S/C9H16N2/c1-9(2,3)5-4-8-10-6-7-11-8/h6-7H,4-5H2,1-3H3,(H,10,11). The highest BCUT2D eigenvalue weighted by molar-refractivity contribution is 4.87.